The fourth-order valence-electron chi connectivity index (χ4n) is 1.76. The number of hydrogen-bond acceptors (Lipinski definition) is 1. The minimum Gasteiger partial charge on any atom is -0.392 e. The molecular formula is C16H11Cl3F6O. The second-order valence-corrected chi connectivity index (χ2v) is 6.00. The standard InChI is InChI=1S/C8H5Cl2F3.C8H6ClF3O/c9-4-5-1-2-7(10)6(3-5)8(11,12)13;9-7-2-1-5(4-13)3-6(7)8(10,11)12/h1-3H,4H2;1-3,13H,4H2. The SMILES string of the molecule is FC(F)(F)c1cc(CCl)ccc1Cl.OCc1ccc(Cl)c(C(F)(F)F)c1. The van der Waals surface area contributed by atoms with Gasteiger partial charge in [-0.05, 0) is 35.4 Å². The van der Waals surface area contributed by atoms with E-state index in [-0.39, 0.29) is 21.5 Å². The molecule has 144 valence electrons. The molecule has 0 aliphatic carbocycles. The van der Waals surface area contributed by atoms with Crippen molar-refractivity contribution in [1.82, 2.24) is 0 Å². The third-order valence-corrected chi connectivity index (χ3v) is 3.98. The first-order valence-corrected chi connectivity index (χ1v) is 8.07. The maximum Gasteiger partial charge on any atom is 0.417 e. The molecule has 0 aliphatic heterocycles. The van der Waals surface area contributed by atoms with Gasteiger partial charge in [-0.2, -0.15) is 26.3 Å². The van der Waals surface area contributed by atoms with Crippen LogP contribution in [0.15, 0.2) is 36.4 Å². The lowest BCUT2D eigenvalue weighted by molar-refractivity contribution is -0.138. The summed E-state index contributed by atoms with van der Waals surface area (Å²) >= 11 is 16.1. The lowest BCUT2D eigenvalue weighted by Gasteiger charge is -2.09. The van der Waals surface area contributed by atoms with Gasteiger partial charge in [-0.25, -0.2) is 0 Å². The lowest BCUT2D eigenvalue weighted by Crippen LogP contribution is -2.06. The van der Waals surface area contributed by atoms with E-state index in [0.29, 0.717) is 5.56 Å². The minimum absolute atomic E-state index is 0.0419. The molecule has 0 aromatic heterocycles. The van der Waals surface area contributed by atoms with Crippen molar-refractivity contribution in [3.05, 3.63) is 68.7 Å². The largest absolute Gasteiger partial charge is 0.417 e. The Hall–Kier alpha value is -1.15. The molecular weight excluding hydrogens is 429 g/mol. The molecule has 0 heterocycles. The summed E-state index contributed by atoms with van der Waals surface area (Å²) < 4.78 is 73.3. The van der Waals surface area contributed by atoms with Crippen molar-refractivity contribution < 1.29 is 31.4 Å². The third-order valence-electron chi connectivity index (χ3n) is 3.01. The van der Waals surface area contributed by atoms with Gasteiger partial charge < -0.3 is 5.11 Å². The van der Waals surface area contributed by atoms with Crippen LogP contribution in [0.5, 0.6) is 0 Å². The van der Waals surface area contributed by atoms with Crippen LogP contribution in [0.4, 0.5) is 26.3 Å². The minimum atomic E-state index is -4.47. The van der Waals surface area contributed by atoms with Crippen LogP contribution in [-0.2, 0) is 24.8 Å². The van der Waals surface area contributed by atoms with Crippen LogP contribution in [0.25, 0.3) is 0 Å². The van der Waals surface area contributed by atoms with Gasteiger partial charge in [0.25, 0.3) is 0 Å². The molecule has 0 aliphatic rings. The van der Waals surface area contributed by atoms with E-state index in [1.54, 1.807) is 0 Å². The maximum absolute atomic E-state index is 12.2. The third kappa shape index (κ3) is 6.54. The molecule has 2 aromatic carbocycles. The van der Waals surface area contributed by atoms with Crippen LogP contribution in [0, 0.1) is 0 Å². The molecule has 10 heteroatoms. The van der Waals surface area contributed by atoms with Crippen LogP contribution in [0.2, 0.25) is 10.0 Å². The summed E-state index contributed by atoms with van der Waals surface area (Å²) in [5.74, 6) is 0.0419. The summed E-state index contributed by atoms with van der Waals surface area (Å²) in [4.78, 5) is 0. The predicted octanol–water partition coefficient (Wildman–Crippen LogP) is 6.95. The Kier molecular flexibility index (Phi) is 8.07. The normalized spacial score (nSPS) is 11.8. The highest BCUT2D eigenvalue weighted by Gasteiger charge is 2.33. The molecule has 0 saturated carbocycles. The number of alkyl halides is 7. The lowest BCUT2D eigenvalue weighted by atomic mass is 10.1. The number of halogens is 9. The summed E-state index contributed by atoms with van der Waals surface area (Å²) in [7, 11) is 0. The van der Waals surface area contributed by atoms with E-state index in [2.05, 4.69) is 0 Å². The number of aliphatic hydroxyl groups is 1. The van der Waals surface area contributed by atoms with E-state index >= 15 is 0 Å². The summed E-state index contributed by atoms with van der Waals surface area (Å²) in [5.41, 5.74) is -1.16. The Morgan fingerprint density at radius 1 is 0.731 bits per heavy atom. The van der Waals surface area contributed by atoms with E-state index in [0.717, 1.165) is 18.2 Å². The molecule has 0 saturated heterocycles. The predicted molar refractivity (Wildman–Crippen MR) is 88.4 cm³/mol. The van der Waals surface area contributed by atoms with Crippen LogP contribution < -0.4 is 0 Å². The monoisotopic (exact) mass is 438 g/mol. The van der Waals surface area contributed by atoms with Crippen molar-refractivity contribution in [1.29, 1.82) is 0 Å². The van der Waals surface area contributed by atoms with E-state index in [9.17, 15) is 26.3 Å². The molecule has 26 heavy (non-hydrogen) atoms. The first-order valence-electron chi connectivity index (χ1n) is 6.78. The summed E-state index contributed by atoms with van der Waals surface area (Å²) in [6.45, 7) is -0.430. The molecule has 0 amide bonds. The Balaban J connectivity index is 0.000000260. The van der Waals surface area contributed by atoms with Crippen LogP contribution in [0.1, 0.15) is 22.3 Å². The smallest absolute Gasteiger partial charge is 0.392 e. The first kappa shape index (κ1) is 22.9. The number of aliphatic hydroxyl groups excluding tert-OH is 1. The topological polar surface area (TPSA) is 20.2 Å². The molecule has 1 N–H and O–H groups in total. The molecule has 2 rings (SSSR count). The summed E-state index contributed by atoms with van der Waals surface area (Å²) in [6, 6.07) is 6.91. The fourth-order valence-corrected chi connectivity index (χ4v) is 2.38. The average Bonchev–Trinajstić information content (AvgIpc) is 2.54. The second-order valence-electron chi connectivity index (χ2n) is 4.92. The van der Waals surface area contributed by atoms with Crippen molar-refractivity contribution in [2.24, 2.45) is 0 Å². The highest BCUT2D eigenvalue weighted by molar-refractivity contribution is 6.31. The van der Waals surface area contributed by atoms with Gasteiger partial charge >= 0.3 is 12.4 Å². The van der Waals surface area contributed by atoms with Gasteiger partial charge in [0.2, 0.25) is 0 Å². The Morgan fingerprint density at radius 2 is 1.12 bits per heavy atom. The van der Waals surface area contributed by atoms with Gasteiger partial charge in [-0.1, -0.05) is 35.3 Å². The Labute approximate surface area is 160 Å². The molecule has 0 unspecified atom stereocenters. The van der Waals surface area contributed by atoms with Crippen molar-refractivity contribution >= 4 is 34.8 Å². The van der Waals surface area contributed by atoms with Crippen LogP contribution in [0.3, 0.4) is 0 Å². The van der Waals surface area contributed by atoms with Gasteiger partial charge in [0.15, 0.2) is 0 Å². The van der Waals surface area contributed by atoms with Crippen molar-refractivity contribution in [3.63, 3.8) is 0 Å². The highest BCUT2D eigenvalue weighted by Crippen LogP contribution is 2.36. The van der Waals surface area contributed by atoms with Gasteiger partial charge in [-0.15, -0.1) is 11.6 Å². The molecule has 0 fully saturated rings. The van der Waals surface area contributed by atoms with Crippen molar-refractivity contribution in [2.45, 2.75) is 24.8 Å². The van der Waals surface area contributed by atoms with E-state index in [1.165, 1.54) is 18.2 Å². The van der Waals surface area contributed by atoms with Crippen molar-refractivity contribution in [2.75, 3.05) is 0 Å². The molecule has 0 atom stereocenters. The number of benzene rings is 2. The molecule has 2 aromatic rings. The van der Waals surface area contributed by atoms with Gasteiger partial charge in [0, 0.05) is 5.88 Å². The molecule has 0 spiro atoms. The quantitative estimate of drug-likeness (QED) is 0.397. The van der Waals surface area contributed by atoms with Gasteiger partial charge in [0.05, 0.1) is 27.8 Å². The second kappa shape index (κ2) is 9.17. The van der Waals surface area contributed by atoms with E-state index in [4.69, 9.17) is 39.9 Å². The average molecular weight is 440 g/mol. The maximum atomic E-state index is 12.2. The first-order chi connectivity index (χ1) is 11.9. The number of hydrogen-bond donors (Lipinski definition) is 1. The Bertz CT molecular complexity index is 680. The van der Waals surface area contributed by atoms with Gasteiger partial charge in [0.1, 0.15) is 0 Å². The summed E-state index contributed by atoms with van der Waals surface area (Å²) in [5, 5.41) is 7.95. The van der Waals surface area contributed by atoms with Crippen LogP contribution >= 0.6 is 34.8 Å². The van der Waals surface area contributed by atoms with Crippen LogP contribution in [-0.4, -0.2) is 5.11 Å². The van der Waals surface area contributed by atoms with E-state index < -0.39 is 30.1 Å². The zero-order valence-electron chi connectivity index (χ0n) is 12.7. The highest BCUT2D eigenvalue weighted by atomic mass is 35.5. The zero-order chi connectivity index (χ0) is 20.1. The molecule has 0 bridgehead atoms. The summed E-state index contributed by atoms with van der Waals surface area (Å²) in [6.07, 6.45) is -8.89. The Morgan fingerprint density at radius 3 is 1.46 bits per heavy atom. The van der Waals surface area contributed by atoms with Crippen molar-refractivity contribution in [3.8, 4) is 0 Å². The molecule has 0 radical (unpaired) electrons. The van der Waals surface area contributed by atoms with E-state index in [1.807, 2.05) is 0 Å². The number of rotatable bonds is 2. The van der Waals surface area contributed by atoms with Gasteiger partial charge in [-0.3, -0.25) is 0 Å². The zero-order valence-corrected chi connectivity index (χ0v) is 15.0. The fraction of sp³-hybridized carbons (Fsp3) is 0.250. The molecule has 1 nitrogen and oxygen atoms in total.